The molecule has 4 N–H and O–H groups in total. The van der Waals surface area contributed by atoms with Gasteiger partial charge < -0.3 is 20.4 Å². The van der Waals surface area contributed by atoms with Crippen molar-refractivity contribution in [3.05, 3.63) is 0 Å². The smallest absolute Gasteiger partial charge is 0.320 e. The number of quaternary nitrogens is 1. The standard InChI is InChI=1S/C5H11NO2S.C5H14NO/c1-9-3-2-4(6)5(7)8;1-6(2,3)4-5-7/h4H,2-3,6H2,1H3,(H,7,8);7H,4-5H2,1-3H3/q;+1. The second kappa shape index (κ2) is 9.89. The van der Waals surface area contributed by atoms with E-state index >= 15 is 0 Å². The van der Waals surface area contributed by atoms with E-state index in [1.54, 1.807) is 11.8 Å². The van der Waals surface area contributed by atoms with Crippen molar-refractivity contribution in [2.75, 3.05) is 46.3 Å². The van der Waals surface area contributed by atoms with E-state index in [9.17, 15) is 4.79 Å². The number of nitrogens with two attached hydrogens (primary N) is 1. The van der Waals surface area contributed by atoms with Crippen LogP contribution in [0.4, 0.5) is 0 Å². The molecule has 0 aliphatic carbocycles. The first kappa shape index (κ1) is 18.1. The minimum Gasteiger partial charge on any atom is -0.480 e. The van der Waals surface area contributed by atoms with Crippen molar-refractivity contribution in [1.29, 1.82) is 0 Å². The molecule has 0 saturated heterocycles. The average molecular weight is 253 g/mol. The van der Waals surface area contributed by atoms with Crippen LogP contribution >= 0.6 is 11.8 Å². The Bertz CT molecular complexity index is 183. The molecule has 1 atom stereocenters. The molecule has 0 aromatic carbocycles. The summed E-state index contributed by atoms with van der Waals surface area (Å²) in [6.07, 6.45) is 2.48. The molecule has 0 aliphatic rings. The van der Waals surface area contributed by atoms with Gasteiger partial charge in [-0.3, -0.25) is 4.79 Å². The topological polar surface area (TPSA) is 83.6 Å². The Kier molecular flexibility index (Phi) is 11.2. The molecule has 0 amide bonds. The molecule has 16 heavy (non-hydrogen) atoms. The first-order valence-corrected chi connectivity index (χ1v) is 6.52. The molecule has 1 unspecified atom stereocenters. The Hall–Kier alpha value is -0.300. The third-order valence-electron chi connectivity index (χ3n) is 1.72. The summed E-state index contributed by atoms with van der Waals surface area (Å²) in [6.45, 7) is 1.11. The maximum Gasteiger partial charge on any atom is 0.320 e. The van der Waals surface area contributed by atoms with Gasteiger partial charge in [0, 0.05) is 0 Å². The highest BCUT2D eigenvalue weighted by Crippen LogP contribution is 1.97. The molecule has 0 aromatic rings. The molecule has 0 aromatic heterocycles. The minimum absolute atomic E-state index is 0.281. The van der Waals surface area contributed by atoms with Crippen LogP contribution in [0.5, 0.6) is 0 Å². The van der Waals surface area contributed by atoms with Crippen LogP contribution in [-0.4, -0.2) is 73.0 Å². The molecule has 98 valence electrons. The monoisotopic (exact) mass is 253 g/mol. The molecule has 0 aliphatic heterocycles. The van der Waals surface area contributed by atoms with Crippen molar-refractivity contribution in [2.45, 2.75) is 12.5 Å². The zero-order chi connectivity index (χ0) is 13.2. The lowest BCUT2D eigenvalue weighted by atomic mass is 10.2. The number of carbonyl (C=O) groups is 1. The van der Waals surface area contributed by atoms with Gasteiger partial charge in [0.25, 0.3) is 0 Å². The van der Waals surface area contributed by atoms with Gasteiger partial charge in [0.15, 0.2) is 0 Å². The fraction of sp³-hybridized carbons (Fsp3) is 0.900. The molecule has 0 radical (unpaired) electrons. The number of hydrogen-bond donors (Lipinski definition) is 3. The second-order valence-electron chi connectivity index (χ2n) is 4.46. The third-order valence-corrected chi connectivity index (χ3v) is 2.36. The highest BCUT2D eigenvalue weighted by molar-refractivity contribution is 7.98. The van der Waals surface area contributed by atoms with Crippen LogP contribution < -0.4 is 5.73 Å². The number of likely N-dealkylation sites (N-methyl/N-ethyl adjacent to an activating group) is 1. The summed E-state index contributed by atoms with van der Waals surface area (Å²) in [5.74, 6) is -0.1000. The highest BCUT2D eigenvalue weighted by Gasteiger charge is 2.08. The molecule has 0 heterocycles. The van der Waals surface area contributed by atoms with Crippen LogP contribution in [0.1, 0.15) is 6.42 Å². The lowest BCUT2D eigenvalue weighted by Crippen LogP contribution is -2.36. The van der Waals surface area contributed by atoms with Gasteiger partial charge in [0.2, 0.25) is 0 Å². The number of thioether (sulfide) groups is 1. The van der Waals surface area contributed by atoms with Crippen LogP contribution in [0.25, 0.3) is 0 Å². The Balaban J connectivity index is 0. The summed E-state index contributed by atoms with van der Waals surface area (Å²) in [5.41, 5.74) is 5.19. The van der Waals surface area contributed by atoms with Crippen LogP contribution in [-0.2, 0) is 4.79 Å². The maximum atomic E-state index is 10.1. The SMILES string of the molecule is CSCCC(N)C(=O)O.C[N+](C)(C)CCO. The summed E-state index contributed by atoms with van der Waals surface area (Å²) in [5, 5.41) is 16.7. The first-order chi connectivity index (χ1) is 7.24. The fourth-order valence-corrected chi connectivity index (χ4v) is 1.16. The molecule has 0 rings (SSSR count). The Morgan fingerprint density at radius 2 is 1.94 bits per heavy atom. The molecular formula is C10H25N2O3S+. The fourth-order valence-electron chi connectivity index (χ4n) is 0.668. The van der Waals surface area contributed by atoms with Crippen LogP contribution in [0.2, 0.25) is 0 Å². The van der Waals surface area contributed by atoms with Gasteiger partial charge in [0.1, 0.15) is 12.6 Å². The van der Waals surface area contributed by atoms with Gasteiger partial charge in [-0.15, -0.1) is 0 Å². The van der Waals surface area contributed by atoms with Crippen LogP contribution in [0.3, 0.4) is 0 Å². The second-order valence-corrected chi connectivity index (χ2v) is 5.45. The average Bonchev–Trinajstić information content (AvgIpc) is 2.13. The highest BCUT2D eigenvalue weighted by atomic mass is 32.2. The van der Waals surface area contributed by atoms with Gasteiger partial charge in [0.05, 0.1) is 27.7 Å². The van der Waals surface area contributed by atoms with Gasteiger partial charge in [-0.1, -0.05) is 0 Å². The molecule has 6 heteroatoms. The third kappa shape index (κ3) is 16.1. The molecule has 0 spiro atoms. The van der Waals surface area contributed by atoms with Crippen LogP contribution in [0, 0.1) is 0 Å². The van der Waals surface area contributed by atoms with E-state index in [1.165, 1.54) is 0 Å². The number of rotatable bonds is 6. The number of aliphatic carboxylic acids is 1. The van der Waals surface area contributed by atoms with Crippen molar-refractivity contribution in [3.8, 4) is 0 Å². The van der Waals surface area contributed by atoms with E-state index in [4.69, 9.17) is 15.9 Å². The van der Waals surface area contributed by atoms with Crippen LogP contribution in [0.15, 0.2) is 0 Å². The predicted octanol–water partition coefficient (Wildman–Crippen LogP) is -0.164. The molecular weight excluding hydrogens is 228 g/mol. The van der Waals surface area contributed by atoms with E-state index < -0.39 is 12.0 Å². The number of nitrogens with zero attached hydrogens (tertiary/aromatic N) is 1. The van der Waals surface area contributed by atoms with E-state index in [-0.39, 0.29) is 6.61 Å². The normalized spacial score (nSPS) is 12.6. The number of carboxylic acids is 1. The number of hydrogen-bond acceptors (Lipinski definition) is 4. The van der Waals surface area contributed by atoms with Gasteiger partial charge in [-0.2, -0.15) is 11.8 Å². The quantitative estimate of drug-likeness (QED) is 0.573. The van der Waals surface area contributed by atoms with E-state index in [2.05, 4.69) is 21.1 Å². The van der Waals surface area contributed by atoms with Crippen molar-refractivity contribution in [1.82, 2.24) is 0 Å². The summed E-state index contributed by atoms with van der Waals surface area (Å²) in [6, 6.07) is -0.683. The van der Waals surface area contributed by atoms with Gasteiger partial charge in [-0.05, 0) is 18.4 Å². The van der Waals surface area contributed by atoms with E-state index in [0.717, 1.165) is 16.8 Å². The Labute approximate surface area is 102 Å². The maximum absolute atomic E-state index is 10.1. The predicted molar refractivity (Wildman–Crippen MR) is 68.6 cm³/mol. The Morgan fingerprint density at radius 3 is 2.12 bits per heavy atom. The van der Waals surface area contributed by atoms with E-state index in [0.29, 0.717) is 6.42 Å². The van der Waals surface area contributed by atoms with Gasteiger partial charge >= 0.3 is 5.97 Å². The number of aliphatic hydroxyl groups is 1. The van der Waals surface area contributed by atoms with Crippen molar-refractivity contribution in [2.24, 2.45) is 5.73 Å². The summed E-state index contributed by atoms with van der Waals surface area (Å²) in [7, 11) is 6.16. The summed E-state index contributed by atoms with van der Waals surface area (Å²) >= 11 is 1.60. The lowest BCUT2D eigenvalue weighted by molar-refractivity contribution is -0.870. The minimum atomic E-state index is -0.913. The molecule has 0 fully saturated rings. The van der Waals surface area contributed by atoms with Crippen molar-refractivity contribution in [3.63, 3.8) is 0 Å². The first-order valence-electron chi connectivity index (χ1n) is 5.13. The lowest BCUT2D eigenvalue weighted by Gasteiger charge is -2.21. The van der Waals surface area contributed by atoms with E-state index in [1.807, 2.05) is 6.26 Å². The zero-order valence-corrected chi connectivity index (χ0v) is 11.5. The van der Waals surface area contributed by atoms with Gasteiger partial charge in [-0.25, -0.2) is 0 Å². The summed E-state index contributed by atoms with van der Waals surface area (Å²) in [4.78, 5) is 10.1. The zero-order valence-electron chi connectivity index (χ0n) is 10.6. The molecule has 0 saturated carbocycles. The Morgan fingerprint density at radius 1 is 1.44 bits per heavy atom. The number of aliphatic hydroxyl groups excluding tert-OH is 1. The summed E-state index contributed by atoms with van der Waals surface area (Å²) < 4.78 is 0.844. The molecule has 5 nitrogen and oxygen atoms in total. The molecule has 0 bridgehead atoms. The van der Waals surface area contributed by atoms with Crippen molar-refractivity contribution >= 4 is 17.7 Å². The largest absolute Gasteiger partial charge is 0.480 e. The number of carboxylic acid groups (broad SMARTS) is 1. The van der Waals surface area contributed by atoms with Crippen molar-refractivity contribution < 1.29 is 19.5 Å².